The quantitative estimate of drug-likeness (QED) is 0.497. The summed E-state index contributed by atoms with van der Waals surface area (Å²) in [5.41, 5.74) is 11.5. The minimum atomic E-state index is -0.600. The maximum atomic E-state index is 11.8. The van der Waals surface area contributed by atoms with Gasteiger partial charge in [0.05, 0.1) is 5.69 Å². The van der Waals surface area contributed by atoms with Crippen molar-refractivity contribution in [2.24, 2.45) is 5.73 Å². The minimum absolute atomic E-state index is 0.197. The van der Waals surface area contributed by atoms with E-state index in [1.54, 1.807) is 12.1 Å². The molecular formula is C13H19N3O3. The van der Waals surface area contributed by atoms with Crippen LogP contribution in [0.4, 0.5) is 5.69 Å². The van der Waals surface area contributed by atoms with Crippen LogP contribution in [-0.2, 0) is 4.79 Å². The lowest BCUT2D eigenvalue weighted by molar-refractivity contribution is -0.119. The highest BCUT2D eigenvalue weighted by molar-refractivity contribution is 5.95. The first-order chi connectivity index (χ1) is 9.04. The Labute approximate surface area is 112 Å². The Bertz CT molecular complexity index is 460. The lowest BCUT2D eigenvalue weighted by Gasteiger charge is -2.09. The van der Waals surface area contributed by atoms with Crippen LogP contribution in [0.2, 0.25) is 0 Å². The van der Waals surface area contributed by atoms with Crippen molar-refractivity contribution in [3.05, 3.63) is 23.8 Å². The topological polar surface area (TPSA) is 107 Å². The number of unbranched alkanes of at least 4 members (excludes halogenated alkanes) is 1. The fourth-order valence-corrected chi connectivity index (χ4v) is 1.43. The molecule has 0 atom stereocenters. The number of ether oxygens (including phenoxy) is 1. The Kier molecular flexibility index (Phi) is 5.66. The molecule has 6 nitrogen and oxygen atoms in total. The second kappa shape index (κ2) is 7.25. The van der Waals surface area contributed by atoms with E-state index in [1.165, 1.54) is 6.07 Å². The number of nitrogen functional groups attached to an aromatic ring is 1. The third-order valence-electron chi connectivity index (χ3n) is 2.46. The summed E-state index contributed by atoms with van der Waals surface area (Å²) >= 11 is 0. The van der Waals surface area contributed by atoms with Crippen molar-refractivity contribution in [1.82, 2.24) is 5.32 Å². The summed E-state index contributed by atoms with van der Waals surface area (Å²) in [6.07, 6.45) is 1.93. The van der Waals surface area contributed by atoms with Gasteiger partial charge in [0.25, 0.3) is 11.8 Å². The fraction of sp³-hybridized carbons (Fsp3) is 0.385. The number of nitrogens with two attached hydrogens (primary N) is 2. The maximum Gasteiger partial charge on any atom is 0.255 e. The number of carbonyl (C=O) groups excluding carboxylic acids is 2. The van der Waals surface area contributed by atoms with Crippen molar-refractivity contribution < 1.29 is 14.3 Å². The molecule has 0 fully saturated rings. The molecule has 0 aromatic heterocycles. The van der Waals surface area contributed by atoms with Crippen LogP contribution in [0, 0.1) is 0 Å². The van der Waals surface area contributed by atoms with E-state index < -0.39 is 5.91 Å². The van der Waals surface area contributed by atoms with Crippen molar-refractivity contribution in [2.45, 2.75) is 19.8 Å². The minimum Gasteiger partial charge on any atom is -0.482 e. The summed E-state index contributed by atoms with van der Waals surface area (Å²) < 4.78 is 5.14. The van der Waals surface area contributed by atoms with E-state index in [0.717, 1.165) is 12.8 Å². The number of rotatable bonds is 7. The zero-order valence-corrected chi connectivity index (χ0v) is 10.9. The number of benzene rings is 1. The molecule has 1 aromatic rings. The summed E-state index contributed by atoms with van der Waals surface area (Å²) in [5.74, 6) is -0.517. The molecule has 0 saturated heterocycles. The van der Waals surface area contributed by atoms with Crippen LogP contribution < -0.4 is 21.5 Å². The van der Waals surface area contributed by atoms with E-state index in [4.69, 9.17) is 16.2 Å². The van der Waals surface area contributed by atoms with E-state index >= 15 is 0 Å². The molecule has 2 amide bonds. The predicted molar refractivity (Wildman–Crippen MR) is 72.8 cm³/mol. The van der Waals surface area contributed by atoms with Crippen LogP contribution in [-0.4, -0.2) is 25.0 Å². The molecular weight excluding hydrogens is 246 g/mol. The van der Waals surface area contributed by atoms with E-state index in [-0.39, 0.29) is 18.3 Å². The standard InChI is InChI=1S/C13H19N3O3/c1-2-3-6-16-13(18)9-4-5-10(14)11(7-9)19-8-12(15)17/h4-5,7H,2-3,6,8,14H2,1H3,(H2,15,17)(H,16,18). The highest BCUT2D eigenvalue weighted by Gasteiger charge is 2.09. The highest BCUT2D eigenvalue weighted by Crippen LogP contribution is 2.22. The molecule has 0 saturated carbocycles. The third kappa shape index (κ3) is 4.87. The second-order valence-electron chi connectivity index (χ2n) is 4.12. The SMILES string of the molecule is CCCCNC(=O)c1ccc(N)c(OCC(N)=O)c1. The van der Waals surface area contributed by atoms with Gasteiger partial charge in [-0.05, 0) is 24.6 Å². The molecule has 0 aliphatic rings. The van der Waals surface area contributed by atoms with Crippen LogP contribution in [0.3, 0.4) is 0 Å². The molecule has 19 heavy (non-hydrogen) atoms. The summed E-state index contributed by atoms with van der Waals surface area (Å²) in [7, 11) is 0. The predicted octanol–water partition coefficient (Wildman–Crippen LogP) is 0.663. The van der Waals surface area contributed by atoms with Crippen LogP contribution in [0.5, 0.6) is 5.75 Å². The average molecular weight is 265 g/mol. The second-order valence-corrected chi connectivity index (χ2v) is 4.12. The van der Waals surface area contributed by atoms with Gasteiger partial charge in [-0.15, -0.1) is 0 Å². The monoisotopic (exact) mass is 265 g/mol. The third-order valence-corrected chi connectivity index (χ3v) is 2.46. The molecule has 0 unspecified atom stereocenters. The molecule has 6 heteroatoms. The number of nitrogens with one attached hydrogen (secondary N) is 1. The maximum absolute atomic E-state index is 11.8. The molecule has 0 spiro atoms. The molecule has 0 aliphatic carbocycles. The zero-order chi connectivity index (χ0) is 14.3. The Hall–Kier alpha value is -2.24. The van der Waals surface area contributed by atoms with Gasteiger partial charge in [-0.1, -0.05) is 13.3 Å². The van der Waals surface area contributed by atoms with Crippen LogP contribution in [0.1, 0.15) is 30.1 Å². The highest BCUT2D eigenvalue weighted by atomic mass is 16.5. The van der Waals surface area contributed by atoms with Gasteiger partial charge in [0.2, 0.25) is 0 Å². The smallest absolute Gasteiger partial charge is 0.255 e. The number of amides is 2. The largest absolute Gasteiger partial charge is 0.482 e. The number of hydrogen-bond acceptors (Lipinski definition) is 4. The average Bonchev–Trinajstić information content (AvgIpc) is 2.37. The van der Waals surface area contributed by atoms with Crippen molar-refractivity contribution in [3.63, 3.8) is 0 Å². The molecule has 0 heterocycles. The van der Waals surface area contributed by atoms with Crippen molar-refractivity contribution in [1.29, 1.82) is 0 Å². The summed E-state index contributed by atoms with van der Waals surface area (Å²) in [4.78, 5) is 22.5. The Morgan fingerprint density at radius 2 is 2.11 bits per heavy atom. The van der Waals surface area contributed by atoms with Crippen LogP contribution in [0.15, 0.2) is 18.2 Å². The van der Waals surface area contributed by atoms with Gasteiger partial charge in [-0.3, -0.25) is 9.59 Å². The number of hydrogen-bond donors (Lipinski definition) is 3. The summed E-state index contributed by atoms with van der Waals surface area (Å²) in [6, 6.07) is 4.67. The van der Waals surface area contributed by atoms with E-state index in [9.17, 15) is 9.59 Å². The normalized spacial score (nSPS) is 9.95. The molecule has 1 aromatic carbocycles. The molecule has 0 radical (unpaired) electrons. The first kappa shape index (κ1) is 14.8. The molecule has 1 rings (SSSR count). The van der Waals surface area contributed by atoms with Gasteiger partial charge in [-0.2, -0.15) is 0 Å². The van der Waals surface area contributed by atoms with Gasteiger partial charge in [0.15, 0.2) is 6.61 Å². The lowest BCUT2D eigenvalue weighted by atomic mass is 10.1. The first-order valence-electron chi connectivity index (χ1n) is 6.13. The number of anilines is 1. The zero-order valence-electron chi connectivity index (χ0n) is 10.9. The number of primary amides is 1. The molecule has 104 valence electrons. The Morgan fingerprint density at radius 3 is 2.74 bits per heavy atom. The Morgan fingerprint density at radius 1 is 1.37 bits per heavy atom. The van der Waals surface area contributed by atoms with Crippen molar-refractivity contribution in [2.75, 3.05) is 18.9 Å². The van der Waals surface area contributed by atoms with E-state index in [0.29, 0.717) is 17.8 Å². The molecule has 0 bridgehead atoms. The van der Waals surface area contributed by atoms with Crippen LogP contribution >= 0.6 is 0 Å². The molecule has 0 aliphatic heterocycles. The summed E-state index contributed by atoms with van der Waals surface area (Å²) in [5, 5.41) is 2.78. The first-order valence-corrected chi connectivity index (χ1v) is 6.13. The van der Waals surface area contributed by atoms with Gasteiger partial charge in [0.1, 0.15) is 5.75 Å². The summed E-state index contributed by atoms with van der Waals surface area (Å²) in [6.45, 7) is 2.40. The van der Waals surface area contributed by atoms with Gasteiger partial charge in [-0.25, -0.2) is 0 Å². The lowest BCUT2D eigenvalue weighted by Crippen LogP contribution is -2.24. The van der Waals surface area contributed by atoms with Crippen LogP contribution in [0.25, 0.3) is 0 Å². The molecule has 5 N–H and O–H groups in total. The Balaban J connectivity index is 2.71. The van der Waals surface area contributed by atoms with Gasteiger partial charge < -0.3 is 21.5 Å². The van der Waals surface area contributed by atoms with Gasteiger partial charge >= 0.3 is 0 Å². The van der Waals surface area contributed by atoms with Crippen molar-refractivity contribution in [3.8, 4) is 5.75 Å². The van der Waals surface area contributed by atoms with E-state index in [2.05, 4.69) is 5.32 Å². The number of carbonyl (C=O) groups is 2. The van der Waals surface area contributed by atoms with E-state index in [1.807, 2.05) is 6.92 Å². The fourth-order valence-electron chi connectivity index (χ4n) is 1.43. The van der Waals surface area contributed by atoms with Gasteiger partial charge in [0, 0.05) is 12.1 Å². The van der Waals surface area contributed by atoms with Crippen molar-refractivity contribution >= 4 is 17.5 Å².